The van der Waals surface area contributed by atoms with Gasteiger partial charge in [-0.1, -0.05) is 18.3 Å². The van der Waals surface area contributed by atoms with Crippen LogP contribution >= 0.6 is 0 Å². The second kappa shape index (κ2) is 4.17. The molecule has 52 valence electrons. The molecule has 2 rings (SSSR count). The molecule has 0 aromatic carbocycles. The summed E-state index contributed by atoms with van der Waals surface area (Å²) >= 11 is 0. The van der Waals surface area contributed by atoms with Crippen LogP contribution in [0.4, 0.5) is 5.69 Å². The van der Waals surface area contributed by atoms with Gasteiger partial charge in [0.15, 0.2) is 0 Å². The van der Waals surface area contributed by atoms with Crippen LogP contribution in [0.3, 0.4) is 0 Å². The Morgan fingerprint density at radius 3 is 3.27 bits per heavy atom. The minimum atomic E-state index is 0. The van der Waals surface area contributed by atoms with Crippen molar-refractivity contribution in [3.05, 3.63) is 24.0 Å². The molecule has 1 aromatic rings. The molecule has 0 amide bonds. The van der Waals surface area contributed by atoms with E-state index in [4.69, 9.17) is 0 Å². The maximum atomic E-state index is 4.13. The zero-order chi connectivity index (χ0) is 6.81. The molecule has 0 atom stereocenters. The van der Waals surface area contributed by atoms with Crippen LogP contribution in [0.1, 0.15) is 12.1 Å². The third kappa shape index (κ3) is 2.00. The molecule has 0 unspecified atom stereocenters. The van der Waals surface area contributed by atoms with Gasteiger partial charge in [0.25, 0.3) is 0 Å². The minimum Gasteiger partial charge on any atom is -0.405 e. The molecule has 3 heteroatoms. The van der Waals surface area contributed by atoms with Crippen LogP contribution in [-0.2, 0) is 39.1 Å². The van der Waals surface area contributed by atoms with Gasteiger partial charge < -0.3 is 10.3 Å². The Hall–Kier alpha value is 0.0539. The molecule has 0 fully saturated rings. The zero-order valence-electron chi connectivity index (χ0n) is 6.30. The van der Waals surface area contributed by atoms with Gasteiger partial charge in [-0.2, -0.15) is 6.07 Å². The summed E-state index contributed by atoms with van der Waals surface area (Å²) in [6.07, 6.45) is 5.12. The summed E-state index contributed by atoms with van der Waals surface area (Å²) in [6.45, 7) is 1.08. The molecule has 0 radical (unpaired) electrons. The fourth-order valence-electron chi connectivity index (χ4n) is 1.22. The first kappa shape index (κ1) is 9.14. The van der Waals surface area contributed by atoms with Crippen molar-refractivity contribution in [3.63, 3.8) is 0 Å². The number of aromatic nitrogens is 1. The van der Waals surface area contributed by atoms with Crippen LogP contribution < -0.4 is 5.32 Å². The number of pyridine rings is 1. The van der Waals surface area contributed by atoms with Crippen LogP contribution in [0.2, 0.25) is 0 Å². The van der Waals surface area contributed by atoms with Gasteiger partial charge in [0, 0.05) is 6.54 Å². The van der Waals surface area contributed by atoms with Crippen molar-refractivity contribution in [2.75, 3.05) is 11.9 Å². The monoisotopic (exact) mass is 222 g/mol. The third-order valence-electron chi connectivity index (χ3n) is 1.74. The fraction of sp³-hybridized carbons (Fsp3) is 0.375. The van der Waals surface area contributed by atoms with Gasteiger partial charge in [-0.3, -0.25) is 0 Å². The maximum Gasteiger partial charge on any atom is 3.00 e. The third-order valence-corrected chi connectivity index (χ3v) is 1.74. The molecule has 1 N–H and O–H groups in total. The second-order valence-corrected chi connectivity index (χ2v) is 2.46. The molecule has 2 nitrogen and oxygen atoms in total. The van der Waals surface area contributed by atoms with Gasteiger partial charge in [0.1, 0.15) is 0 Å². The molecule has 11 heavy (non-hydrogen) atoms. The number of nitrogens with one attached hydrogen (secondary N) is 1. The molecule has 0 bridgehead atoms. The molecular formula is C8H9N2Y+2. The Balaban J connectivity index is 0.000000605. The quantitative estimate of drug-likeness (QED) is 0.668. The molecule has 0 saturated carbocycles. The van der Waals surface area contributed by atoms with Crippen molar-refractivity contribution in [3.8, 4) is 0 Å². The van der Waals surface area contributed by atoms with E-state index in [1.807, 2.05) is 12.1 Å². The van der Waals surface area contributed by atoms with Gasteiger partial charge in [0.05, 0.1) is 0 Å². The first-order valence-corrected chi connectivity index (χ1v) is 3.57. The first-order valence-electron chi connectivity index (χ1n) is 3.57. The number of nitrogens with zero attached hydrogens (tertiary/aromatic N) is 1. The minimum absolute atomic E-state index is 0. The maximum absolute atomic E-state index is 4.13. The normalized spacial score (nSPS) is 14.2. The summed E-state index contributed by atoms with van der Waals surface area (Å²) in [7, 11) is 0. The van der Waals surface area contributed by atoms with Crippen molar-refractivity contribution in [2.24, 2.45) is 0 Å². The van der Waals surface area contributed by atoms with Crippen LogP contribution in [0.25, 0.3) is 0 Å². The molecular weight excluding hydrogens is 213 g/mol. The summed E-state index contributed by atoms with van der Waals surface area (Å²) in [5.74, 6) is 0. The van der Waals surface area contributed by atoms with E-state index in [2.05, 4.69) is 16.5 Å². The second-order valence-electron chi connectivity index (χ2n) is 2.46. The molecule has 0 aliphatic carbocycles. The van der Waals surface area contributed by atoms with Crippen LogP contribution in [0.15, 0.2) is 12.1 Å². The van der Waals surface area contributed by atoms with E-state index in [1.54, 1.807) is 0 Å². The molecule has 0 saturated heterocycles. The molecule has 2 heterocycles. The topological polar surface area (TPSA) is 24.9 Å². The number of fused-ring (bicyclic) bond motifs is 1. The smallest absolute Gasteiger partial charge is 0.405 e. The van der Waals surface area contributed by atoms with Crippen molar-refractivity contribution >= 4 is 5.69 Å². The predicted octanol–water partition coefficient (Wildman–Crippen LogP) is 1.24. The Morgan fingerprint density at radius 1 is 1.55 bits per heavy atom. The average molecular weight is 222 g/mol. The number of rotatable bonds is 0. The van der Waals surface area contributed by atoms with E-state index < -0.39 is 0 Å². The SMILES string of the molecule is [Y+3].[c-]1ccc2c(n1)CCCN2. The molecule has 1 aliphatic heterocycles. The van der Waals surface area contributed by atoms with Gasteiger partial charge in [-0.25, -0.2) is 0 Å². The van der Waals surface area contributed by atoms with E-state index >= 15 is 0 Å². The van der Waals surface area contributed by atoms with Crippen LogP contribution in [0.5, 0.6) is 0 Å². The Bertz CT molecular complexity index is 212. The number of aryl methyl sites for hydroxylation is 1. The van der Waals surface area contributed by atoms with Crippen LogP contribution in [-0.4, -0.2) is 11.5 Å². The fourth-order valence-corrected chi connectivity index (χ4v) is 1.22. The van der Waals surface area contributed by atoms with Gasteiger partial charge in [-0.05, 0) is 12.1 Å². The van der Waals surface area contributed by atoms with E-state index in [0.717, 1.165) is 18.7 Å². The Labute approximate surface area is 91.7 Å². The van der Waals surface area contributed by atoms with Crippen molar-refractivity contribution in [1.82, 2.24) is 4.98 Å². The largest absolute Gasteiger partial charge is 3.00 e. The summed E-state index contributed by atoms with van der Waals surface area (Å²) in [5.41, 5.74) is 2.35. The summed E-state index contributed by atoms with van der Waals surface area (Å²) < 4.78 is 0. The van der Waals surface area contributed by atoms with E-state index in [-0.39, 0.29) is 32.7 Å². The summed E-state index contributed by atoms with van der Waals surface area (Å²) in [5, 5.41) is 3.28. The van der Waals surface area contributed by atoms with Crippen molar-refractivity contribution in [1.29, 1.82) is 0 Å². The number of hydrogen-bond donors (Lipinski definition) is 1. The van der Waals surface area contributed by atoms with Gasteiger partial charge >= 0.3 is 32.7 Å². The summed E-state index contributed by atoms with van der Waals surface area (Å²) in [4.78, 5) is 4.13. The average Bonchev–Trinajstić information content (AvgIpc) is 2.05. The Morgan fingerprint density at radius 2 is 2.45 bits per heavy atom. The van der Waals surface area contributed by atoms with Crippen LogP contribution in [0, 0.1) is 6.20 Å². The molecule has 0 spiro atoms. The van der Waals surface area contributed by atoms with Crippen molar-refractivity contribution < 1.29 is 32.7 Å². The van der Waals surface area contributed by atoms with E-state index in [1.165, 1.54) is 12.1 Å². The first-order chi connectivity index (χ1) is 4.97. The zero-order valence-corrected chi connectivity index (χ0v) is 9.14. The van der Waals surface area contributed by atoms with Gasteiger partial charge in [-0.15, -0.1) is 6.07 Å². The molecule has 1 aromatic heterocycles. The summed E-state index contributed by atoms with van der Waals surface area (Å²) in [6, 6.07) is 3.87. The number of hydrogen-bond acceptors (Lipinski definition) is 2. The van der Waals surface area contributed by atoms with Crippen molar-refractivity contribution in [2.45, 2.75) is 12.8 Å². The molecule has 1 aliphatic rings. The van der Waals surface area contributed by atoms with E-state index in [9.17, 15) is 0 Å². The van der Waals surface area contributed by atoms with Gasteiger partial charge in [0.2, 0.25) is 0 Å². The van der Waals surface area contributed by atoms with E-state index in [0.29, 0.717) is 0 Å². The standard InChI is InChI=1S/C8H9N2.Y/c1-3-7-8(9-5-1)4-2-6-10-7;/h1,3,10H,2,4,6H2;/q-1;+3. The Kier molecular flexibility index (Phi) is 3.47. The number of anilines is 1. The predicted molar refractivity (Wildman–Crippen MR) is 39.9 cm³/mol.